The van der Waals surface area contributed by atoms with Gasteiger partial charge in [0, 0.05) is 21.7 Å². The van der Waals surface area contributed by atoms with Crippen LogP contribution in [0.15, 0.2) is 72.8 Å². The molecule has 0 amide bonds. The Bertz CT molecular complexity index is 1150. The van der Waals surface area contributed by atoms with Crippen LogP contribution in [0, 0.1) is 0 Å². The number of fused-ring (bicyclic) bond motifs is 3. The number of nitrogens with zero attached hydrogens (tertiary/aromatic N) is 1. The molecule has 6 heteroatoms. The summed E-state index contributed by atoms with van der Waals surface area (Å²) in [6.07, 6.45) is 1.78. The zero-order chi connectivity index (χ0) is 21.4. The topological polar surface area (TPSA) is 43.0 Å². The molecule has 31 heavy (non-hydrogen) atoms. The Morgan fingerprint density at radius 2 is 1.84 bits per heavy atom. The third-order valence-electron chi connectivity index (χ3n) is 5.54. The lowest BCUT2D eigenvalue weighted by Gasteiger charge is -2.39. The van der Waals surface area contributed by atoms with E-state index < -0.39 is 6.23 Å². The standard InChI is InChI=1S/C25H23ClN2O3/c1-3-30-23-13-7-11-19-22-15-21(16-8-6-9-17(14-16)29-2)27-28(22)25(31-24(19)23)18-10-4-5-12-20(18)26/h4-15,22,25,27H,3H2,1-2H3. The molecule has 2 heterocycles. The van der Waals surface area contributed by atoms with Crippen LogP contribution in [-0.4, -0.2) is 18.7 Å². The van der Waals surface area contributed by atoms with Gasteiger partial charge in [0.1, 0.15) is 5.75 Å². The highest BCUT2D eigenvalue weighted by Crippen LogP contribution is 2.50. The third-order valence-corrected chi connectivity index (χ3v) is 5.88. The quantitative estimate of drug-likeness (QED) is 0.554. The summed E-state index contributed by atoms with van der Waals surface area (Å²) in [6.45, 7) is 2.53. The lowest BCUT2D eigenvalue weighted by atomic mass is 10.00. The van der Waals surface area contributed by atoms with Crippen molar-refractivity contribution in [1.29, 1.82) is 0 Å². The summed E-state index contributed by atoms with van der Waals surface area (Å²) in [5.74, 6) is 2.29. The van der Waals surface area contributed by atoms with Crippen molar-refractivity contribution in [3.8, 4) is 17.2 Å². The van der Waals surface area contributed by atoms with E-state index in [0.29, 0.717) is 11.6 Å². The van der Waals surface area contributed by atoms with Crippen molar-refractivity contribution in [2.24, 2.45) is 0 Å². The molecule has 0 aromatic heterocycles. The fraction of sp³-hybridized carbons (Fsp3) is 0.200. The molecule has 2 aliphatic heterocycles. The predicted molar refractivity (Wildman–Crippen MR) is 121 cm³/mol. The normalized spacial score (nSPS) is 19.5. The van der Waals surface area contributed by atoms with Gasteiger partial charge in [-0.1, -0.05) is 54.1 Å². The first-order chi connectivity index (χ1) is 15.2. The maximum absolute atomic E-state index is 6.57. The SMILES string of the molecule is CCOc1cccc2c1OC(c1ccccc1Cl)N1NC(c3cccc(OC)c3)=CC21. The third kappa shape index (κ3) is 3.50. The van der Waals surface area contributed by atoms with Crippen molar-refractivity contribution >= 4 is 17.3 Å². The van der Waals surface area contributed by atoms with Gasteiger partial charge in [0.2, 0.25) is 0 Å². The van der Waals surface area contributed by atoms with Crippen LogP contribution in [0.2, 0.25) is 5.02 Å². The lowest BCUT2D eigenvalue weighted by molar-refractivity contribution is -0.0345. The number of halogens is 1. The molecular formula is C25H23ClN2O3. The van der Waals surface area contributed by atoms with Crippen molar-refractivity contribution in [2.45, 2.75) is 19.2 Å². The Morgan fingerprint density at radius 3 is 2.65 bits per heavy atom. The highest BCUT2D eigenvalue weighted by molar-refractivity contribution is 6.31. The molecule has 0 bridgehead atoms. The largest absolute Gasteiger partial charge is 0.497 e. The Kier molecular flexibility index (Phi) is 5.22. The Morgan fingerprint density at radius 1 is 1.03 bits per heavy atom. The number of para-hydroxylation sites is 1. The first-order valence-electron chi connectivity index (χ1n) is 10.3. The number of hydrogen-bond acceptors (Lipinski definition) is 5. The minimum Gasteiger partial charge on any atom is -0.497 e. The van der Waals surface area contributed by atoms with Crippen LogP contribution in [0.3, 0.4) is 0 Å². The highest BCUT2D eigenvalue weighted by Gasteiger charge is 2.42. The molecule has 0 saturated heterocycles. The second-order valence-corrected chi connectivity index (χ2v) is 7.78. The van der Waals surface area contributed by atoms with Gasteiger partial charge >= 0.3 is 0 Å². The molecule has 2 unspecified atom stereocenters. The number of benzene rings is 3. The van der Waals surface area contributed by atoms with Gasteiger partial charge in [0.05, 0.1) is 25.5 Å². The number of hydrogen-bond donors (Lipinski definition) is 1. The molecule has 0 radical (unpaired) electrons. The van der Waals surface area contributed by atoms with E-state index in [2.05, 4.69) is 28.6 Å². The number of rotatable bonds is 5. The fourth-order valence-corrected chi connectivity index (χ4v) is 4.33. The minimum absolute atomic E-state index is 0.0494. The summed E-state index contributed by atoms with van der Waals surface area (Å²) in [7, 11) is 1.67. The summed E-state index contributed by atoms with van der Waals surface area (Å²) in [4.78, 5) is 0. The second-order valence-electron chi connectivity index (χ2n) is 7.38. The fourth-order valence-electron chi connectivity index (χ4n) is 4.10. The van der Waals surface area contributed by atoms with Crippen molar-refractivity contribution < 1.29 is 14.2 Å². The Balaban J connectivity index is 1.62. The van der Waals surface area contributed by atoms with E-state index in [1.807, 2.05) is 61.5 Å². The van der Waals surface area contributed by atoms with Crippen molar-refractivity contribution in [3.05, 3.63) is 94.5 Å². The average Bonchev–Trinajstić information content (AvgIpc) is 3.25. The van der Waals surface area contributed by atoms with Crippen molar-refractivity contribution in [1.82, 2.24) is 10.4 Å². The van der Waals surface area contributed by atoms with Crippen molar-refractivity contribution in [3.63, 3.8) is 0 Å². The number of methoxy groups -OCH3 is 1. The van der Waals surface area contributed by atoms with Gasteiger partial charge in [-0.25, -0.2) is 0 Å². The van der Waals surface area contributed by atoms with E-state index in [4.69, 9.17) is 25.8 Å². The first-order valence-corrected chi connectivity index (χ1v) is 10.7. The van der Waals surface area contributed by atoms with Gasteiger partial charge < -0.3 is 19.6 Å². The summed E-state index contributed by atoms with van der Waals surface area (Å²) in [6, 6.07) is 21.7. The number of hydrazine groups is 1. The summed E-state index contributed by atoms with van der Waals surface area (Å²) in [5, 5.41) is 2.74. The van der Waals surface area contributed by atoms with Crippen LogP contribution >= 0.6 is 11.6 Å². The van der Waals surface area contributed by atoms with Gasteiger partial charge in [-0.15, -0.1) is 0 Å². The van der Waals surface area contributed by atoms with Gasteiger partial charge in [-0.2, -0.15) is 5.01 Å². The van der Waals surface area contributed by atoms with Crippen LogP contribution < -0.4 is 19.6 Å². The second kappa shape index (κ2) is 8.17. The molecule has 0 saturated carbocycles. The maximum Gasteiger partial charge on any atom is 0.197 e. The van der Waals surface area contributed by atoms with E-state index in [9.17, 15) is 0 Å². The summed E-state index contributed by atoms with van der Waals surface area (Å²) >= 11 is 6.57. The molecule has 5 nitrogen and oxygen atoms in total. The molecule has 5 rings (SSSR count). The number of nitrogens with one attached hydrogen (secondary N) is 1. The van der Waals surface area contributed by atoms with E-state index in [0.717, 1.165) is 39.6 Å². The zero-order valence-corrected chi connectivity index (χ0v) is 18.1. The van der Waals surface area contributed by atoms with Gasteiger partial charge in [0.15, 0.2) is 17.7 Å². The van der Waals surface area contributed by atoms with Crippen molar-refractivity contribution in [2.75, 3.05) is 13.7 Å². The molecular weight excluding hydrogens is 412 g/mol. The first kappa shape index (κ1) is 19.8. The van der Waals surface area contributed by atoms with Crippen LogP contribution in [0.5, 0.6) is 17.2 Å². The molecule has 158 valence electrons. The molecule has 3 aromatic rings. The zero-order valence-electron chi connectivity index (χ0n) is 17.3. The van der Waals surface area contributed by atoms with Gasteiger partial charge in [-0.05, 0) is 37.3 Å². The molecule has 2 aliphatic rings. The molecule has 1 N–H and O–H groups in total. The Labute approximate surface area is 186 Å². The minimum atomic E-state index is -0.424. The monoisotopic (exact) mass is 434 g/mol. The molecule has 0 fully saturated rings. The van der Waals surface area contributed by atoms with Gasteiger partial charge in [0.25, 0.3) is 0 Å². The molecule has 2 atom stereocenters. The maximum atomic E-state index is 6.57. The number of ether oxygens (including phenoxy) is 3. The van der Waals surface area contributed by atoms with Crippen LogP contribution in [0.4, 0.5) is 0 Å². The smallest absolute Gasteiger partial charge is 0.197 e. The van der Waals surface area contributed by atoms with E-state index in [1.165, 1.54) is 0 Å². The molecule has 0 aliphatic carbocycles. The lowest BCUT2D eigenvalue weighted by Crippen LogP contribution is -2.43. The predicted octanol–water partition coefficient (Wildman–Crippen LogP) is 5.74. The summed E-state index contributed by atoms with van der Waals surface area (Å²) < 4.78 is 17.8. The summed E-state index contributed by atoms with van der Waals surface area (Å²) in [5.41, 5.74) is 7.49. The van der Waals surface area contributed by atoms with E-state index in [-0.39, 0.29) is 6.04 Å². The Hall–Kier alpha value is -3.15. The van der Waals surface area contributed by atoms with E-state index >= 15 is 0 Å². The molecule has 3 aromatic carbocycles. The average molecular weight is 435 g/mol. The van der Waals surface area contributed by atoms with Crippen LogP contribution in [-0.2, 0) is 0 Å². The molecule has 0 spiro atoms. The van der Waals surface area contributed by atoms with Gasteiger partial charge in [-0.3, -0.25) is 0 Å². The van der Waals surface area contributed by atoms with Crippen LogP contribution in [0.1, 0.15) is 35.9 Å². The van der Waals surface area contributed by atoms with E-state index in [1.54, 1.807) is 7.11 Å². The van der Waals surface area contributed by atoms with Crippen LogP contribution in [0.25, 0.3) is 5.70 Å². The highest BCUT2D eigenvalue weighted by atomic mass is 35.5.